The number of rotatable bonds is 12. The summed E-state index contributed by atoms with van der Waals surface area (Å²) in [5.74, 6) is 0.572. The first-order valence-electron chi connectivity index (χ1n) is 14.7. The van der Waals surface area contributed by atoms with Crippen molar-refractivity contribution in [1.29, 1.82) is 5.26 Å². The van der Waals surface area contributed by atoms with Crippen LogP contribution in [0.4, 0.5) is 19.0 Å². The third-order valence-electron chi connectivity index (χ3n) is 8.12. The van der Waals surface area contributed by atoms with E-state index in [4.69, 9.17) is 4.74 Å². The summed E-state index contributed by atoms with van der Waals surface area (Å²) in [4.78, 5) is 11.6. The quantitative estimate of drug-likeness (QED) is 0.184. The van der Waals surface area contributed by atoms with E-state index in [2.05, 4.69) is 32.3 Å². The van der Waals surface area contributed by atoms with Crippen LogP contribution in [-0.4, -0.2) is 80.4 Å². The zero-order valence-corrected chi connectivity index (χ0v) is 25.6. The maximum atomic E-state index is 12.9. The molecule has 13 heteroatoms. The van der Waals surface area contributed by atoms with Crippen molar-refractivity contribution >= 4 is 38.3 Å². The summed E-state index contributed by atoms with van der Waals surface area (Å²) in [7, 11) is 0. The van der Waals surface area contributed by atoms with E-state index in [1.54, 1.807) is 10.6 Å². The van der Waals surface area contributed by atoms with Gasteiger partial charge in [0.15, 0.2) is 0 Å². The Kier molecular flexibility index (Phi) is 9.77. The number of nitrogens with zero attached hydrogens (tertiary/aromatic N) is 5. The van der Waals surface area contributed by atoms with Crippen molar-refractivity contribution in [1.82, 2.24) is 19.4 Å². The van der Waals surface area contributed by atoms with Crippen molar-refractivity contribution in [2.75, 3.05) is 38.2 Å². The number of hydrogen-bond acceptors (Lipinski definition) is 9. The average molecular weight is 631 g/mol. The highest BCUT2D eigenvalue weighted by Gasteiger charge is 2.31. The Morgan fingerprint density at radius 3 is 2.64 bits per heavy atom. The molecule has 3 N–H and O–H groups in total. The Morgan fingerprint density at radius 1 is 1.18 bits per heavy atom. The van der Waals surface area contributed by atoms with Gasteiger partial charge in [-0.3, -0.25) is 4.90 Å². The van der Waals surface area contributed by atoms with Crippen molar-refractivity contribution < 1.29 is 28.1 Å². The lowest BCUT2D eigenvalue weighted by Gasteiger charge is -2.33. The molecule has 5 rings (SSSR count). The lowest BCUT2D eigenvalue weighted by molar-refractivity contribution is -0.126. The van der Waals surface area contributed by atoms with Crippen molar-refractivity contribution in [2.24, 2.45) is 0 Å². The molecule has 236 valence electrons. The fourth-order valence-corrected chi connectivity index (χ4v) is 6.80. The van der Waals surface area contributed by atoms with Gasteiger partial charge < -0.3 is 24.8 Å². The molecule has 0 amide bonds. The molecule has 0 radical (unpaired) electrons. The Hall–Kier alpha value is -3.28. The molecule has 1 atom stereocenters. The summed E-state index contributed by atoms with van der Waals surface area (Å²) in [5, 5.41) is 35.7. The van der Waals surface area contributed by atoms with E-state index in [9.17, 15) is 28.6 Å². The summed E-state index contributed by atoms with van der Waals surface area (Å²) in [6.07, 6.45) is -1.36. The van der Waals surface area contributed by atoms with E-state index in [0.29, 0.717) is 28.3 Å². The zero-order chi connectivity index (χ0) is 31.5. The Balaban J connectivity index is 1.24. The molecule has 1 unspecified atom stereocenters. The number of benzene rings is 1. The highest BCUT2D eigenvalue weighted by atomic mass is 32.1. The average Bonchev–Trinajstić information content (AvgIpc) is 3.56. The number of fused-ring (bicyclic) bond motifs is 2. The highest BCUT2D eigenvalue weighted by molar-refractivity contribution is 7.18. The first kappa shape index (κ1) is 32.1. The number of thiophene rings is 1. The molecule has 44 heavy (non-hydrogen) atoms. The number of nitriles is 1. The van der Waals surface area contributed by atoms with Crippen molar-refractivity contribution in [2.45, 2.75) is 70.4 Å². The Bertz CT molecular complexity index is 1640. The van der Waals surface area contributed by atoms with Gasteiger partial charge in [-0.25, -0.2) is 9.97 Å². The van der Waals surface area contributed by atoms with Crippen LogP contribution in [0.15, 0.2) is 30.6 Å². The van der Waals surface area contributed by atoms with Crippen molar-refractivity contribution in [3.05, 3.63) is 52.3 Å². The van der Waals surface area contributed by atoms with Crippen LogP contribution in [-0.2, 0) is 24.2 Å². The largest absolute Gasteiger partial charge is 0.393 e. The first-order valence-corrected chi connectivity index (χ1v) is 15.6. The lowest BCUT2D eigenvalue weighted by Crippen LogP contribution is -2.43. The van der Waals surface area contributed by atoms with E-state index in [1.165, 1.54) is 6.33 Å². The van der Waals surface area contributed by atoms with Gasteiger partial charge in [0.05, 0.1) is 31.6 Å². The highest BCUT2D eigenvalue weighted by Crippen LogP contribution is 2.33. The standard InChI is InChI=1S/C31H37F3N6O3S/c1-3-10-43-18-30(42,17-41)16-40-23(14-35)11-25-20(2)21(4-5-27(25)40)15-39-8-6-22(7-9-39)38-28-26-12-24(13-31(32,33)34)44-29(26)37-19-36-28/h4-5,11-12,19,22,41-42H,3,6-10,13,15-18H2,1-2H3,(H,36,37,38). The minimum atomic E-state index is -4.27. The normalized spacial score (nSPS) is 16.4. The smallest absolute Gasteiger partial charge is 0.393 e. The summed E-state index contributed by atoms with van der Waals surface area (Å²) < 4.78 is 46.0. The van der Waals surface area contributed by atoms with Crippen LogP contribution in [0.5, 0.6) is 0 Å². The molecule has 4 aromatic rings. The summed E-state index contributed by atoms with van der Waals surface area (Å²) in [5.41, 5.74) is 1.91. The van der Waals surface area contributed by atoms with E-state index < -0.39 is 24.8 Å². The minimum absolute atomic E-state index is 0.0295. The monoisotopic (exact) mass is 630 g/mol. The molecule has 0 aliphatic carbocycles. The number of hydrogen-bond donors (Lipinski definition) is 3. The Morgan fingerprint density at radius 2 is 1.95 bits per heavy atom. The van der Waals surface area contributed by atoms with Crippen LogP contribution in [0.3, 0.4) is 0 Å². The second-order valence-electron chi connectivity index (χ2n) is 11.6. The number of aliphatic hydroxyl groups is 2. The molecule has 1 aliphatic rings. The molecule has 9 nitrogen and oxygen atoms in total. The topological polar surface area (TPSA) is 119 Å². The number of aryl methyl sites for hydroxylation is 1. The van der Waals surface area contributed by atoms with E-state index >= 15 is 0 Å². The first-order chi connectivity index (χ1) is 21.0. The number of likely N-dealkylation sites (tertiary alicyclic amines) is 1. The molecular weight excluding hydrogens is 593 g/mol. The van der Waals surface area contributed by atoms with Gasteiger partial charge in [-0.05, 0) is 55.5 Å². The second-order valence-corrected chi connectivity index (χ2v) is 12.7. The fraction of sp³-hybridized carbons (Fsp3) is 0.516. The molecule has 0 bridgehead atoms. The summed E-state index contributed by atoms with van der Waals surface area (Å²) >= 11 is 1.05. The second kappa shape index (κ2) is 13.4. The minimum Gasteiger partial charge on any atom is -0.393 e. The van der Waals surface area contributed by atoms with Crippen LogP contribution < -0.4 is 5.32 Å². The number of aliphatic hydroxyl groups excluding tert-OH is 1. The van der Waals surface area contributed by atoms with Crippen LogP contribution in [0.2, 0.25) is 0 Å². The van der Waals surface area contributed by atoms with E-state index in [-0.39, 0.29) is 24.1 Å². The zero-order valence-electron chi connectivity index (χ0n) is 24.8. The van der Waals surface area contributed by atoms with Gasteiger partial charge in [-0.1, -0.05) is 13.0 Å². The van der Waals surface area contributed by atoms with Gasteiger partial charge in [-0.2, -0.15) is 18.4 Å². The van der Waals surface area contributed by atoms with Gasteiger partial charge in [0.2, 0.25) is 0 Å². The maximum Gasteiger partial charge on any atom is 0.393 e. The van der Waals surface area contributed by atoms with Crippen LogP contribution in [0.25, 0.3) is 21.1 Å². The number of aromatic nitrogens is 3. The van der Waals surface area contributed by atoms with Gasteiger partial charge in [0.1, 0.15) is 34.3 Å². The molecule has 0 spiro atoms. The number of anilines is 1. The molecular formula is C31H37F3N6O3S. The fourth-order valence-electron chi connectivity index (χ4n) is 5.77. The van der Waals surface area contributed by atoms with E-state index in [0.717, 1.165) is 72.3 Å². The van der Waals surface area contributed by atoms with Crippen LogP contribution in [0.1, 0.15) is 47.9 Å². The molecule has 1 fully saturated rings. The molecule has 1 aromatic carbocycles. The molecule has 0 saturated carbocycles. The molecule has 1 aliphatic heterocycles. The van der Waals surface area contributed by atoms with Gasteiger partial charge in [0, 0.05) is 48.1 Å². The van der Waals surface area contributed by atoms with Crippen molar-refractivity contribution in [3.8, 4) is 6.07 Å². The predicted octanol–water partition coefficient (Wildman–Crippen LogP) is 5.16. The van der Waals surface area contributed by atoms with Gasteiger partial charge >= 0.3 is 6.18 Å². The van der Waals surface area contributed by atoms with Gasteiger partial charge in [-0.15, -0.1) is 11.3 Å². The third kappa shape index (κ3) is 7.33. The number of piperidine rings is 1. The summed E-state index contributed by atoms with van der Waals surface area (Å²) in [6, 6.07) is 9.76. The van der Waals surface area contributed by atoms with Crippen molar-refractivity contribution in [3.63, 3.8) is 0 Å². The maximum absolute atomic E-state index is 12.9. The number of alkyl halides is 3. The SMILES string of the molecule is CCCOCC(O)(CO)Cn1c(C#N)cc2c(C)c(CN3CCC(Nc4ncnc5sc(CC(F)(F)F)cc45)CC3)ccc21. The van der Waals surface area contributed by atoms with E-state index in [1.807, 2.05) is 26.0 Å². The molecule has 1 saturated heterocycles. The predicted molar refractivity (Wildman–Crippen MR) is 164 cm³/mol. The van der Waals surface area contributed by atoms with Crippen LogP contribution in [0, 0.1) is 18.3 Å². The third-order valence-corrected chi connectivity index (χ3v) is 9.17. The number of halogens is 3. The molecule has 3 aromatic heterocycles. The van der Waals surface area contributed by atoms with Crippen LogP contribution >= 0.6 is 11.3 Å². The number of ether oxygens (including phenoxy) is 1. The Labute approximate surface area is 257 Å². The number of nitrogens with one attached hydrogen (secondary N) is 1. The molecule has 4 heterocycles. The van der Waals surface area contributed by atoms with Gasteiger partial charge in [0.25, 0.3) is 0 Å². The summed E-state index contributed by atoms with van der Waals surface area (Å²) in [6.45, 7) is 6.39. The lowest BCUT2D eigenvalue weighted by atomic mass is 10.0.